The molecule has 0 unspecified atom stereocenters. The summed E-state index contributed by atoms with van der Waals surface area (Å²) in [5.74, 6) is -0.540. The third-order valence-electron chi connectivity index (χ3n) is 8.19. The zero-order chi connectivity index (χ0) is 25.5. The van der Waals surface area contributed by atoms with Crippen LogP contribution in [0.25, 0.3) is 10.9 Å². The van der Waals surface area contributed by atoms with E-state index in [1.807, 2.05) is 30.3 Å². The standard InChI is InChI=1S/C29H33N5O3/c1-30-16-26(35)31-23-15-20-19-10-4-5-11-22(19)32-27(20)24-13-14-25(34(24)29(23)37)28(36)33-21-12-6-8-17-7-2-3-9-18(17)21/h2-5,7,9-11,21,23-25,30,32H,6,8,12-16H2,1H3,(H,31,35)(H,33,36)/t21-,23+,24-,25+/m1/s1. The van der Waals surface area contributed by atoms with E-state index in [4.69, 9.17) is 0 Å². The fourth-order valence-electron chi connectivity index (χ4n) is 6.55. The van der Waals surface area contributed by atoms with Crippen LogP contribution in [0, 0.1) is 0 Å². The first-order valence-electron chi connectivity index (χ1n) is 13.3. The third-order valence-corrected chi connectivity index (χ3v) is 8.19. The van der Waals surface area contributed by atoms with Crippen LogP contribution in [0.2, 0.25) is 0 Å². The summed E-state index contributed by atoms with van der Waals surface area (Å²) in [5.41, 5.74) is 5.50. The summed E-state index contributed by atoms with van der Waals surface area (Å²) in [5, 5.41) is 10.1. The predicted molar refractivity (Wildman–Crippen MR) is 141 cm³/mol. The van der Waals surface area contributed by atoms with Gasteiger partial charge in [0, 0.05) is 23.0 Å². The molecule has 3 amide bonds. The van der Waals surface area contributed by atoms with Gasteiger partial charge < -0.3 is 25.8 Å². The molecule has 2 aliphatic heterocycles. The van der Waals surface area contributed by atoms with Gasteiger partial charge in [-0.05, 0) is 61.9 Å². The Bertz CT molecular complexity index is 1360. The topological polar surface area (TPSA) is 106 Å². The molecule has 1 saturated heterocycles. The van der Waals surface area contributed by atoms with Crippen molar-refractivity contribution in [1.29, 1.82) is 0 Å². The number of hydrogen-bond donors (Lipinski definition) is 4. The number of fused-ring (bicyclic) bond motifs is 6. The van der Waals surface area contributed by atoms with Crippen LogP contribution in [0.5, 0.6) is 0 Å². The Morgan fingerprint density at radius 3 is 2.68 bits per heavy atom. The molecular weight excluding hydrogens is 466 g/mol. The lowest BCUT2D eigenvalue weighted by atomic mass is 9.87. The van der Waals surface area contributed by atoms with E-state index in [0.29, 0.717) is 19.3 Å². The normalized spacial score (nSPS) is 24.7. The summed E-state index contributed by atoms with van der Waals surface area (Å²) in [6.07, 6.45) is 4.61. The Labute approximate surface area is 216 Å². The van der Waals surface area contributed by atoms with Gasteiger partial charge in [0.2, 0.25) is 17.7 Å². The monoisotopic (exact) mass is 499 g/mol. The van der Waals surface area contributed by atoms with Crippen molar-refractivity contribution in [2.75, 3.05) is 13.6 Å². The van der Waals surface area contributed by atoms with Gasteiger partial charge in [-0.15, -0.1) is 0 Å². The number of rotatable bonds is 5. The largest absolute Gasteiger partial charge is 0.356 e. The summed E-state index contributed by atoms with van der Waals surface area (Å²) in [6.45, 7) is 0.124. The Balaban J connectivity index is 1.33. The summed E-state index contributed by atoms with van der Waals surface area (Å²) in [6, 6.07) is 14.8. The van der Waals surface area contributed by atoms with E-state index in [2.05, 4.69) is 39.1 Å². The number of likely N-dealkylation sites (N-methyl/N-ethyl adjacent to an activating group) is 1. The number of aromatic nitrogens is 1. The minimum atomic E-state index is -0.729. The van der Waals surface area contributed by atoms with Gasteiger partial charge in [0.15, 0.2) is 0 Å². The Morgan fingerprint density at radius 2 is 1.81 bits per heavy atom. The molecule has 0 saturated carbocycles. The highest BCUT2D eigenvalue weighted by Crippen LogP contribution is 2.43. The van der Waals surface area contributed by atoms with E-state index in [1.165, 1.54) is 11.1 Å². The molecule has 6 rings (SSSR count). The van der Waals surface area contributed by atoms with Crippen molar-refractivity contribution in [2.45, 2.75) is 62.7 Å². The molecule has 8 heteroatoms. The van der Waals surface area contributed by atoms with E-state index in [-0.39, 0.29) is 36.3 Å². The lowest BCUT2D eigenvalue weighted by Gasteiger charge is -2.33. The molecule has 1 aromatic heterocycles. The second-order valence-corrected chi connectivity index (χ2v) is 10.4. The van der Waals surface area contributed by atoms with Crippen LogP contribution in [0.3, 0.4) is 0 Å². The van der Waals surface area contributed by atoms with Gasteiger partial charge in [-0.3, -0.25) is 14.4 Å². The maximum Gasteiger partial charge on any atom is 0.246 e. The second-order valence-electron chi connectivity index (χ2n) is 10.4. The number of amides is 3. The molecule has 4 atom stereocenters. The molecule has 0 spiro atoms. The van der Waals surface area contributed by atoms with Gasteiger partial charge in [0.1, 0.15) is 12.1 Å². The number of nitrogens with one attached hydrogen (secondary N) is 4. The van der Waals surface area contributed by atoms with Crippen molar-refractivity contribution in [2.24, 2.45) is 0 Å². The number of H-pyrrole nitrogens is 1. The molecule has 1 aliphatic carbocycles. The molecule has 3 aliphatic rings. The fraction of sp³-hybridized carbons (Fsp3) is 0.414. The summed E-state index contributed by atoms with van der Waals surface area (Å²) < 4.78 is 0. The van der Waals surface area contributed by atoms with Crippen molar-refractivity contribution in [1.82, 2.24) is 25.8 Å². The van der Waals surface area contributed by atoms with E-state index in [1.54, 1.807) is 11.9 Å². The average Bonchev–Trinajstić information content (AvgIpc) is 3.48. The van der Waals surface area contributed by atoms with E-state index in [0.717, 1.165) is 41.4 Å². The van der Waals surface area contributed by atoms with Gasteiger partial charge in [-0.1, -0.05) is 42.5 Å². The Kier molecular flexibility index (Phi) is 6.20. The van der Waals surface area contributed by atoms with Gasteiger partial charge in [0.25, 0.3) is 0 Å². The van der Waals surface area contributed by atoms with Crippen molar-refractivity contribution in [3.05, 3.63) is 70.9 Å². The minimum Gasteiger partial charge on any atom is -0.356 e. The second kappa shape index (κ2) is 9.67. The molecule has 3 aromatic rings. The minimum absolute atomic E-state index is 0.0478. The smallest absolute Gasteiger partial charge is 0.246 e. The third kappa shape index (κ3) is 4.19. The SMILES string of the molecule is CNCC(=O)N[C@H]1Cc2c([nH]c3ccccc23)[C@H]2CC[C@@H](C(=O)N[C@@H]3CCCc4ccccc43)N2C1=O. The zero-order valence-corrected chi connectivity index (χ0v) is 21.0. The lowest BCUT2D eigenvalue weighted by molar-refractivity contribution is -0.143. The molecule has 2 aromatic carbocycles. The molecular formula is C29H33N5O3. The molecule has 1 fully saturated rings. The average molecular weight is 500 g/mol. The highest BCUT2D eigenvalue weighted by atomic mass is 16.2. The van der Waals surface area contributed by atoms with Gasteiger partial charge in [0.05, 0.1) is 18.6 Å². The van der Waals surface area contributed by atoms with Crippen LogP contribution in [0.1, 0.15) is 60.2 Å². The first kappa shape index (κ1) is 23.7. The first-order chi connectivity index (χ1) is 18.0. The summed E-state index contributed by atoms with van der Waals surface area (Å²) >= 11 is 0. The van der Waals surface area contributed by atoms with Crippen LogP contribution >= 0.6 is 0 Å². The van der Waals surface area contributed by atoms with Crippen LogP contribution in [0.15, 0.2) is 48.5 Å². The molecule has 0 bridgehead atoms. The number of aromatic amines is 1. The van der Waals surface area contributed by atoms with E-state index < -0.39 is 12.1 Å². The Morgan fingerprint density at radius 1 is 1.00 bits per heavy atom. The first-order valence-corrected chi connectivity index (χ1v) is 13.3. The van der Waals surface area contributed by atoms with Crippen LogP contribution in [-0.2, 0) is 27.2 Å². The summed E-state index contributed by atoms with van der Waals surface area (Å²) in [4.78, 5) is 45.5. The molecule has 0 radical (unpaired) electrons. The lowest BCUT2D eigenvalue weighted by Crippen LogP contribution is -2.54. The predicted octanol–water partition coefficient (Wildman–Crippen LogP) is 2.65. The van der Waals surface area contributed by atoms with Crippen LogP contribution in [-0.4, -0.2) is 53.3 Å². The van der Waals surface area contributed by atoms with Gasteiger partial charge in [-0.25, -0.2) is 0 Å². The number of hydrogen-bond acceptors (Lipinski definition) is 4. The van der Waals surface area contributed by atoms with Gasteiger partial charge in [-0.2, -0.15) is 0 Å². The number of benzene rings is 2. The Hall–Kier alpha value is -3.65. The van der Waals surface area contributed by atoms with Crippen LogP contribution in [0.4, 0.5) is 0 Å². The van der Waals surface area contributed by atoms with Crippen LogP contribution < -0.4 is 16.0 Å². The van der Waals surface area contributed by atoms with Gasteiger partial charge >= 0.3 is 0 Å². The maximum absolute atomic E-state index is 14.0. The van der Waals surface area contributed by atoms with Crippen molar-refractivity contribution in [3.8, 4) is 0 Å². The van der Waals surface area contributed by atoms with E-state index in [9.17, 15) is 14.4 Å². The quantitative estimate of drug-likeness (QED) is 0.433. The highest BCUT2D eigenvalue weighted by molar-refractivity contribution is 5.95. The maximum atomic E-state index is 14.0. The highest BCUT2D eigenvalue weighted by Gasteiger charge is 2.48. The molecule has 37 heavy (non-hydrogen) atoms. The number of para-hydroxylation sites is 1. The number of carbonyl (C=O) groups excluding carboxylic acids is 3. The number of nitrogens with zero attached hydrogens (tertiary/aromatic N) is 1. The molecule has 4 N–H and O–H groups in total. The van der Waals surface area contributed by atoms with Crippen molar-refractivity contribution in [3.63, 3.8) is 0 Å². The fourth-order valence-corrected chi connectivity index (χ4v) is 6.55. The molecule has 192 valence electrons. The van der Waals surface area contributed by atoms with E-state index >= 15 is 0 Å². The summed E-state index contributed by atoms with van der Waals surface area (Å²) in [7, 11) is 1.70. The molecule has 8 nitrogen and oxygen atoms in total. The van der Waals surface area contributed by atoms with Crippen molar-refractivity contribution < 1.29 is 14.4 Å². The zero-order valence-electron chi connectivity index (χ0n) is 21.0. The number of aryl methyl sites for hydroxylation is 1. The molecule has 3 heterocycles. The van der Waals surface area contributed by atoms with Crippen molar-refractivity contribution >= 4 is 28.6 Å². The number of carbonyl (C=O) groups is 3.